The Morgan fingerprint density at radius 2 is 2.07 bits per heavy atom. The van der Waals surface area contributed by atoms with Gasteiger partial charge in [0.1, 0.15) is 11.6 Å². The number of fused-ring (bicyclic) bond motifs is 1. The molecule has 2 heterocycles. The van der Waals surface area contributed by atoms with Crippen LogP contribution in [-0.4, -0.2) is 43.6 Å². The van der Waals surface area contributed by atoms with E-state index in [0.717, 1.165) is 53.6 Å². The van der Waals surface area contributed by atoms with E-state index in [1.54, 1.807) is 12.3 Å². The molecule has 1 saturated heterocycles. The van der Waals surface area contributed by atoms with Crippen molar-refractivity contribution in [2.45, 2.75) is 19.8 Å². The normalized spacial score (nSPS) is 17.3. The fraction of sp³-hybridized carbons (Fsp3) is 0.375. The molecule has 0 saturated carbocycles. The van der Waals surface area contributed by atoms with Crippen molar-refractivity contribution < 1.29 is 4.39 Å². The molecule has 152 valence electrons. The molecule has 2 aromatic carbocycles. The summed E-state index contributed by atoms with van der Waals surface area (Å²) >= 11 is 0. The van der Waals surface area contributed by atoms with Crippen molar-refractivity contribution in [3.05, 3.63) is 54.0 Å². The van der Waals surface area contributed by atoms with Gasteiger partial charge in [-0.25, -0.2) is 9.37 Å². The lowest BCUT2D eigenvalue weighted by Gasteiger charge is -2.36. The predicted molar refractivity (Wildman–Crippen MR) is 120 cm³/mol. The standard InChI is InChI=1S/C24H29FN4/c1-16-6-4-8-21(25)24(16)18-10-19-13-27-23(26)12-20(19)22(11-18)29-9-5-7-17(15-29)14-28(2)3/h4,6,8,10-13,17H,5,7,9,14-15H2,1-3H3,(H2,26,27)/t17-/m1/s1. The van der Waals surface area contributed by atoms with Gasteiger partial charge in [0.25, 0.3) is 0 Å². The molecule has 0 radical (unpaired) electrons. The van der Waals surface area contributed by atoms with E-state index in [1.165, 1.54) is 12.5 Å². The summed E-state index contributed by atoms with van der Waals surface area (Å²) in [7, 11) is 4.25. The first kappa shape index (κ1) is 19.6. The van der Waals surface area contributed by atoms with E-state index in [1.807, 2.05) is 25.1 Å². The summed E-state index contributed by atoms with van der Waals surface area (Å²) in [6.45, 7) is 5.03. The van der Waals surface area contributed by atoms with Gasteiger partial charge in [0.05, 0.1) is 0 Å². The van der Waals surface area contributed by atoms with Crippen LogP contribution in [0.5, 0.6) is 0 Å². The van der Waals surface area contributed by atoms with Crippen LogP contribution < -0.4 is 10.6 Å². The van der Waals surface area contributed by atoms with Crippen LogP contribution in [0.1, 0.15) is 18.4 Å². The highest BCUT2D eigenvalue weighted by Crippen LogP contribution is 2.37. The summed E-state index contributed by atoms with van der Waals surface area (Å²) in [4.78, 5) is 8.99. The summed E-state index contributed by atoms with van der Waals surface area (Å²) in [5.41, 5.74) is 9.63. The molecule has 1 aliphatic rings. The second-order valence-electron chi connectivity index (χ2n) is 8.47. The molecule has 1 fully saturated rings. The highest BCUT2D eigenvalue weighted by atomic mass is 19.1. The molecule has 1 aromatic heterocycles. The summed E-state index contributed by atoms with van der Waals surface area (Å²) in [5, 5.41) is 2.07. The van der Waals surface area contributed by atoms with E-state index in [-0.39, 0.29) is 5.82 Å². The molecule has 0 unspecified atom stereocenters. The largest absolute Gasteiger partial charge is 0.384 e. The lowest BCUT2D eigenvalue weighted by molar-refractivity contribution is 0.292. The highest BCUT2D eigenvalue weighted by Gasteiger charge is 2.23. The Morgan fingerprint density at radius 3 is 2.83 bits per heavy atom. The monoisotopic (exact) mass is 392 g/mol. The number of nitrogens with two attached hydrogens (primary N) is 1. The van der Waals surface area contributed by atoms with Gasteiger partial charge >= 0.3 is 0 Å². The van der Waals surface area contributed by atoms with Crippen LogP contribution in [0.3, 0.4) is 0 Å². The number of aryl methyl sites for hydroxylation is 1. The number of aromatic nitrogens is 1. The quantitative estimate of drug-likeness (QED) is 0.698. The van der Waals surface area contributed by atoms with Crippen LogP contribution >= 0.6 is 0 Å². The Balaban J connectivity index is 1.84. The fourth-order valence-electron chi connectivity index (χ4n) is 4.61. The van der Waals surface area contributed by atoms with Crippen LogP contribution in [0.25, 0.3) is 21.9 Å². The Labute approximate surface area is 172 Å². The molecule has 4 nitrogen and oxygen atoms in total. The van der Waals surface area contributed by atoms with Gasteiger partial charge in [-0.15, -0.1) is 0 Å². The lowest BCUT2D eigenvalue weighted by atomic mass is 9.93. The van der Waals surface area contributed by atoms with Crippen molar-refractivity contribution in [3.63, 3.8) is 0 Å². The molecule has 5 heteroatoms. The summed E-state index contributed by atoms with van der Waals surface area (Å²) in [5.74, 6) is 0.935. The first-order chi connectivity index (χ1) is 13.9. The maximum atomic E-state index is 14.7. The number of nitrogen functional groups attached to an aromatic ring is 1. The van der Waals surface area contributed by atoms with Gasteiger partial charge in [-0.3, -0.25) is 0 Å². The van der Waals surface area contributed by atoms with Gasteiger partial charge in [0.2, 0.25) is 0 Å². The Bertz CT molecular complexity index is 1010. The van der Waals surface area contributed by atoms with Crippen LogP contribution in [-0.2, 0) is 0 Å². The number of rotatable bonds is 4. The molecule has 29 heavy (non-hydrogen) atoms. The minimum absolute atomic E-state index is 0.192. The van der Waals surface area contributed by atoms with E-state index in [2.05, 4.69) is 34.9 Å². The Kier molecular flexibility index (Phi) is 5.41. The number of benzene rings is 2. The van der Waals surface area contributed by atoms with E-state index in [9.17, 15) is 4.39 Å². The zero-order chi connectivity index (χ0) is 20.5. The van der Waals surface area contributed by atoms with Crippen molar-refractivity contribution in [2.24, 2.45) is 5.92 Å². The zero-order valence-electron chi connectivity index (χ0n) is 17.5. The molecular weight excluding hydrogens is 363 g/mol. The number of pyridine rings is 1. The third-order valence-corrected chi connectivity index (χ3v) is 5.83. The van der Waals surface area contributed by atoms with Gasteiger partial charge in [-0.2, -0.15) is 0 Å². The topological polar surface area (TPSA) is 45.4 Å². The molecule has 0 aliphatic carbocycles. The number of piperidine rings is 1. The predicted octanol–water partition coefficient (Wildman–Crippen LogP) is 4.71. The van der Waals surface area contributed by atoms with E-state index >= 15 is 0 Å². The zero-order valence-corrected chi connectivity index (χ0v) is 17.5. The van der Waals surface area contributed by atoms with Gasteiger partial charge < -0.3 is 15.5 Å². The van der Waals surface area contributed by atoms with E-state index in [4.69, 9.17) is 5.73 Å². The van der Waals surface area contributed by atoms with Crippen molar-refractivity contribution in [1.82, 2.24) is 9.88 Å². The van der Waals surface area contributed by atoms with Crippen LogP contribution in [0.2, 0.25) is 0 Å². The smallest absolute Gasteiger partial charge is 0.131 e. The molecule has 0 spiro atoms. The minimum atomic E-state index is -0.192. The first-order valence-corrected chi connectivity index (χ1v) is 10.3. The van der Waals surface area contributed by atoms with Crippen molar-refractivity contribution in [3.8, 4) is 11.1 Å². The average Bonchev–Trinajstić information content (AvgIpc) is 2.67. The summed E-state index contributed by atoms with van der Waals surface area (Å²) in [6.07, 6.45) is 4.20. The third kappa shape index (κ3) is 4.06. The van der Waals surface area contributed by atoms with E-state index in [0.29, 0.717) is 17.3 Å². The van der Waals surface area contributed by atoms with Gasteiger partial charge in [-0.1, -0.05) is 12.1 Å². The number of hydrogen-bond acceptors (Lipinski definition) is 4. The molecular formula is C24H29FN4. The molecule has 3 aromatic rings. The number of anilines is 2. The first-order valence-electron chi connectivity index (χ1n) is 10.3. The Morgan fingerprint density at radius 1 is 1.24 bits per heavy atom. The fourth-order valence-corrected chi connectivity index (χ4v) is 4.61. The highest BCUT2D eigenvalue weighted by molar-refractivity contribution is 5.99. The maximum absolute atomic E-state index is 14.7. The summed E-state index contributed by atoms with van der Waals surface area (Å²) in [6, 6.07) is 11.3. The van der Waals surface area contributed by atoms with E-state index < -0.39 is 0 Å². The van der Waals surface area contributed by atoms with Crippen LogP contribution in [0.15, 0.2) is 42.6 Å². The van der Waals surface area contributed by atoms with Crippen molar-refractivity contribution in [1.29, 1.82) is 0 Å². The molecule has 1 atom stereocenters. The summed E-state index contributed by atoms with van der Waals surface area (Å²) < 4.78 is 14.7. The molecule has 0 bridgehead atoms. The Hall–Kier alpha value is -2.66. The lowest BCUT2D eigenvalue weighted by Crippen LogP contribution is -2.39. The van der Waals surface area contributed by atoms with Gasteiger partial charge in [0.15, 0.2) is 0 Å². The molecule has 4 rings (SSSR count). The number of hydrogen-bond donors (Lipinski definition) is 1. The molecule has 2 N–H and O–H groups in total. The van der Waals surface area contributed by atoms with Crippen molar-refractivity contribution in [2.75, 3.05) is 44.4 Å². The molecule has 0 amide bonds. The van der Waals surface area contributed by atoms with Crippen LogP contribution in [0, 0.1) is 18.7 Å². The van der Waals surface area contributed by atoms with Gasteiger partial charge in [-0.05, 0) is 75.2 Å². The third-order valence-electron chi connectivity index (χ3n) is 5.83. The average molecular weight is 393 g/mol. The van der Waals surface area contributed by atoms with Crippen molar-refractivity contribution >= 4 is 22.3 Å². The minimum Gasteiger partial charge on any atom is -0.384 e. The van der Waals surface area contributed by atoms with Gasteiger partial charge in [0, 0.05) is 47.9 Å². The maximum Gasteiger partial charge on any atom is 0.131 e. The van der Waals surface area contributed by atoms with Crippen LogP contribution in [0.4, 0.5) is 15.9 Å². The number of nitrogens with zero attached hydrogens (tertiary/aromatic N) is 3. The number of halogens is 1. The second-order valence-corrected chi connectivity index (χ2v) is 8.47. The SMILES string of the molecule is Cc1cccc(F)c1-c1cc(N2CCC[C@H](CN(C)C)C2)c2cc(N)ncc2c1. The molecule has 1 aliphatic heterocycles. The second kappa shape index (κ2) is 7.99.